The molecule has 1 fully saturated rings. The topological polar surface area (TPSA) is 73.9 Å². The van der Waals surface area contributed by atoms with Gasteiger partial charge in [-0.15, -0.1) is 0 Å². The van der Waals surface area contributed by atoms with Crippen molar-refractivity contribution in [3.05, 3.63) is 30.0 Å². The number of benzene rings is 1. The Bertz CT molecular complexity index is 704. The van der Waals surface area contributed by atoms with Gasteiger partial charge in [-0.05, 0) is 30.4 Å². The molecule has 3 rings (SSSR count). The molecule has 22 heavy (non-hydrogen) atoms. The highest BCUT2D eigenvalue weighted by Crippen LogP contribution is 2.33. The predicted octanol–water partition coefficient (Wildman–Crippen LogP) is 2.76. The van der Waals surface area contributed by atoms with Gasteiger partial charge in [-0.1, -0.05) is 19.9 Å². The van der Waals surface area contributed by atoms with Crippen molar-refractivity contribution in [2.24, 2.45) is 5.41 Å². The van der Waals surface area contributed by atoms with Crippen LogP contribution in [0.1, 0.15) is 37.0 Å². The number of phenolic OH excluding ortho intramolecular Hbond substituents is 1. The number of likely N-dealkylation sites (tertiary alicyclic amines) is 1. The molecular weight excluding hydrogens is 282 g/mol. The van der Waals surface area contributed by atoms with E-state index in [9.17, 15) is 15.0 Å². The third-order valence-corrected chi connectivity index (χ3v) is 4.23. The van der Waals surface area contributed by atoms with Gasteiger partial charge in [-0.25, -0.2) is 0 Å². The standard InChI is InChI=1S/C17H21NO4/c1-17(2)8-11(19)6-7-18(10-17)16(21)12-9-22-14-5-3-4-13(20)15(12)14/h3-5,9,11,19-20H,6-8,10H2,1-2H3. The minimum atomic E-state index is -0.387. The lowest BCUT2D eigenvalue weighted by Gasteiger charge is -2.29. The summed E-state index contributed by atoms with van der Waals surface area (Å²) in [6, 6.07) is 4.95. The van der Waals surface area contributed by atoms with Crippen LogP contribution in [-0.2, 0) is 0 Å². The molecular formula is C17H21NO4. The number of hydrogen-bond acceptors (Lipinski definition) is 4. The predicted molar refractivity (Wildman–Crippen MR) is 82.8 cm³/mol. The van der Waals surface area contributed by atoms with E-state index in [1.54, 1.807) is 23.1 Å². The van der Waals surface area contributed by atoms with Gasteiger partial charge in [0.2, 0.25) is 0 Å². The summed E-state index contributed by atoms with van der Waals surface area (Å²) >= 11 is 0. The fourth-order valence-corrected chi connectivity index (χ4v) is 3.28. The van der Waals surface area contributed by atoms with Crippen molar-refractivity contribution in [3.63, 3.8) is 0 Å². The zero-order chi connectivity index (χ0) is 15.9. The lowest BCUT2D eigenvalue weighted by molar-refractivity contribution is 0.0705. The second kappa shape index (κ2) is 5.32. The summed E-state index contributed by atoms with van der Waals surface area (Å²) in [7, 11) is 0. The molecule has 1 amide bonds. The number of aliphatic hydroxyl groups is 1. The molecule has 2 heterocycles. The molecule has 0 spiro atoms. The molecule has 2 aromatic rings. The quantitative estimate of drug-likeness (QED) is 0.849. The van der Waals surface area contributed by atoms with Gasteiger partial charge in [0.05, 0.1) is 17.1 Å². The summed E-state index contributed by atoms with van der Waals surface area (Å²) in [5.74, 6) is -0.119. The normalized spacial score (nSPS) is 21.8. The molecule has 0 radical (unpaired) electrons. The van der Waals surface area contributed by atoms with E-state index in [4.69, 9.17) is 4.42 Å². The number of amides is 1. The molecule has 118 valence electrons. The Balaban J connectivity index is 1.95. The fourth-order valence-electron chi connectivity index (χ4n) is 3.28. The number of furan rings is 1. The first-order valence-corrected chi connectivity index (χ1v) is 7.54. The van der Waals surface area contributed by atoms with E-state index in [2.05, 4.69) is 0 Å². The number of fused-ring (bicyclic) bond motifs is 1. The molecule has 1 aromatic heterocycles. The van der Waals surface area contributed by atoms with Crippen molar-refractivity contribution < 1.29 is 19.4 Å². The Morgan fingerprint density at radius 3 is 2.95 bits per heavy atom. The van der Waals surface area contributed by atoms with Crippen molar-refractivity contribution in [1.29, 1.82) is 0 Å². The van der Waals surface area contributed by atoms with Crippen molar-refractivity contribution in [2.75, 3.05) is 13.1 Å². The molecule has 5 nitrogen and oxygen atoms in total. The molecule has 1 atom stereocenters. The van der Waals surface area contributed by atoms with Gasteiger partial charge in [0.25, 0.3) is 5.91 Å². The van der Waals surface area contributed by atoms with E-state index < -0.39 is 0 Å². The Labute approximate surface area is 129 Å². The van der Waals surface area contributed by atoms with E-state index >= 15 is 0 Å². The number of carbonyl (C=O) groups excluding carboxylic acids is 1. The number of aromatic hydroxyl groups is 1. The smallest absolute Gasteiger partial charge is 0.257 e. The molecule has 0 aliphatic carbocycles. The van der Waals surface area contributed by atoms with Crippen LogP contribution in [0.25, 0.3) is 11.0 Å². The molecule has 2 N–H and O–H groups in total. The summed E-state index contributed by atoms with van der Waals surface area (Å²) < 4.78 is 5.39. The van der Waals surface area contributed by atoms with Crippen molar-refractivity contribution >= 4 is 16.9 Å². The largest absolute Gasteiger partial charge is 0.507 e. The molecule has 0 bridgehead atoms. The van der Waals surface area contributed by atoms with Crippen LogP contribution < -0.4 is 0 Å². The maximum Gasteiger partial charge on any atom is 0.257 e. The second-order valence-electron chi connectivity index (χ2n) is 6.84. The fraction of sp³-hybridized carbons (Fsp3) is 0.471. The average molecular weight is 303 g/mol. The Hall–Kier alpha value is -2.01. The maximum atomic E-state index is 12.8. The second-order valence-corrected chi connectivity index (χ2v) is 6.84. The monoisotopic (exact) mass is 303 g/mol. The summed E-state index contributed by atoms with van der Waals surface area (Å²) in [6.45, 7) is 5.17. The Kier molecular flexibility index (Phi) is 3.60. The van der Waals surface area contributed by atoms with Gasteiger partial charge in [0.1, 0.15) is 17.6 Å². The van der Waals surface area contributed by atoms with Crippen molar-refractivity contribution in [1.82, 2.24) is 4.90 Å². The summed E-state index contributed by atoms with van der Waals surface area (Å²) in [5, 5.41) is 20.4. The van der Waals surface area contributed by atoms with Crippen molar-refractivity contribution in [2.45, 2.75) is 32.8 Å². The minimum Gasteiger partial charge on any atom is -0.507 e. The van der Waals surface area contributed by atoms with Gasteiger partial charge in [0, 0.05) is 13.1 Å². The third kappa shape index (κ3) is 2.68. The number of rotatable bonds is 1. The summed E-state index contributed by atoms with van der Waals surface area (Å²) in [6.07, 6.45) is 2.26. The van der Waals surface area contributed by atoms with Crippen LogP contribution in [0.15, 0.2) is 28.9 Å². The zero-order valence-corrected chi connectivity index (χ0v) is 12.9. The molecule has 0 saturated carbocycles. The molecule has 1 unspecified atom stereocenters. The highest BCUT2D eigenvalue weighted by Gasteiger charge is 2.32. The lowest BCUT2D eigenvalue weighted by atomic mass is 9.87. The van der Waals surface area contributed by atoms with E-state index in [0.717, 1.165) is 0 Å². The first kappa shape index (κ1) is 14.9. The molecule has 1 aromatic carbocycles. The van der Waals surface area contributed by atoms with Crippen LogP contribution in [0.2, 0.25) is 0 Å². The highest BCUT2D eigenvalue weighted by atomic mass is 16.3. The number of nitrogens with zero attached hydrogens (tertiary/aromatic N) is 1. The molecule has 1 saturated heterocycles. The van der Waals surface area contributed by atoms with Crippen molar-refractivity contribution in [3.8, 4) is 5.75 Å². The van der Waals surface area contributed by atoms with Crippen LogP contribution >= 0.6 is 0 Å². The third-order valence-electron chi connectivity index (χ3n) is 4.23. The van der Waals surface area contributed by atoms with Crippen LogP contribution in [0.5, 0.6) is 5.75 Å². The number of aliphatic hydroxyl groups excluding tert-OH is 1. The van der Waals surface area contributed by atoms with Crippen LogP contribution in [0.4, 0.5) is 0 Å². The van der Waals surface area contributed by atoms with E-state index in [1.165, 1.54) is 6.26 Å². The Morgan fingerprint density at radius 1 is 1.41 bits per heavy atom. The number of hydrogen-bond donors (Lipinski definition) is 2. The van der Waals surface area contributed by atoms with Crippen LogP contribution in [-0.4, -0.2) is 40.2 Å². The SMILES string of the molecule is CC1(C)CC(O)CCN(C(=O)c2coc3cccc(O)c23)C1. The molecule has 1 aliphatic heterocycles. The number of carbonyl (C=O) groups is 1. The summed E-state index contributed by atoms with van der Waals surface area (Å²) in [5.41, 5.74) is 0.727. The highest BCUT2D eigenvalue weighted by molar-refractivity contribution is 6.08. The van der Waals surface area contributed by atoms with E-state index in [0.29, 0.717) is 42.5 Å². The van der Waals surface area contributed by atoms with E-state index in [-0.39, 0.29) is 23.2 Å². The Morgan fingerprint density at radius 2 is 2.18 bits per heavy atom. The summed E-state index contributed by atoms with van der Waals surface area (Å²) in [4.78, 5) is 14.6. The maximum absolute atomic E-state index is 12.8. The molecule has 5 heteroatoms. The lowest BCUT2D eigenvalue weighted by Crippen LogP contribution is -2.37. The average Bonchev–Trinajstić information content (AvgIpc) is 2.81. The molecule has 1 aliphatic rings. The van der Waals surface area contributed by atoms with Gasteiger partial charge < -0.3 is 19.5 Å². The number of phenols is 1. The zero-order valence-electron chi connectivity index (χ0n) is 12.9. The van der Waals surface area contributed by atoms with Crippen LogP contribution in [0.3, 0.4) is 0 Å². The van der Waals surface area contributed by atoms with Crippen LogP contribution in [0, 0.1) is 5.41 Å². The minimum absolute atomic E-state index is 0.0451. The van der Waals surface area contributed by atoms with Gasteiger partial charge in [-0.2, -0.15) is 0 Å². The first-order valence-electron chi connectivity index (χ1n) is 7.54. The van der Waals surface area contributed by atoms with E-state index in [1.807, 2.05) is 13.8 Å². The first-order chi connectivity index (χ1) is 10.4. The van der Waals surface area contributed by atoms with Gasteiger partial charge >= 0.3 is 0 Å². The van der Waals surface area contributed by atoms with Gasteiger partial charge in [-0.3, -0.25) is 4.79 Å². The van der Waals surface area contributed by atoms with Gasteiger partial charge in [0.15, 0.2) is 0 Å².